The van der Waals surface area contributed by atoms with Gasteiger partial charge < -0.3 is 4.90 Å². The van der Waals surface area contributed by atoms with Gasteiger partial charge in [0.2, 0.25) is 0 Å². The molecular weight excluding hydrogens is 229 g/mol. The first-order chi connectivity index (χ1) is 7.41. The monoisotopic (exact) mass is 243 g/mol. The summed E-state index contributed by atoms with van der Waals surface area (Å²) in [5.74, 6) is -0.606. The highest BCUT2D eigenvalue weighted by Crippen LogP contribution is 2.13. The summed E-state index contributed by atoms with van der Waals surface area (Å²) in [7, 11) is 1.66. The number of carbonyl (C=O) groups excluding carboxylic acids is 1. The topological polar surface area (TPSA) is 20.3 Å². The maximum absolute atomic E-state index is 13.0. The van der Waals surface area contributed by atoms with E-state index in [9.17, 15) is 9.18 Å². The summed E-state index contributed by atoms with van der Waals surface area (Å²) in [6.07, 6.45) is 0. The van der Waals surface area contributed by atoms with Crippen molar-refractivity contribution in [2.75, 3.05) is 13.6 Å². The van der Waals surface area contributed by atoms with Gasteiger partial charge in [-0.05, 0) is 31.5 Å². The van der Waals surface area contributed by atoms with E-state index in [-0.39, 0.29) is 11.3 Å². The Hall–Kier alpha value is -1.09. The number of aryl methyl sites for hydroxylation is 1. The van der Waals surface area contributed by atoms with Crippen LogP contribution in [0.5, 0.6) is 0 Å². The molecule has 0 N–H and O–H groups in total. The second-order valence-corrected chi connectivity index (χ2v) is 4.67. The van der Waals surface area contributed by atoms with Crippen LogP contribution in [0.3, 0.4) is 0 Å². The van der Waals surface area contributed by atoms with E-state index in [1.165, 1.54) is 17.0 Å². The Kier molecular flexibility index (Phi) is 4.30. The number of hydrogen-bond acceptors (Lipinski definition) is 1. The summed E-state index contributed by atoms with van der Waals surface area (Å²) in [6, 6.07) is 4.20. The Morgan fingerprint density at radius 2 is 2.19 bits per heavy atom. The Labute approximate surface area is 100 Å². The summed E-state index contributed by atoms with van der Waals surface area (Å²) < 4.78 is 13.0. The van der Waals surface area contributed by atoms with E-state index >= 15 is 0 Å². The van der Waals surface area contributed by atoms with Gasteiger partial charge >= 0.3 is 0 Å². The molecule has 0 fully saturated rings. The normalized spacial score (nSPS) is 12.3. The van der Waals surface area contributed by atoms with Gasteiger partial charge in [0.05, 0.1) is 0 Å². The van der Waals surface area contributed by atoms with Gasteiger partial charge in [0.25, 0.3) is 5.91 Å². The van der Waals surface area contributed by atoms with Crippen molar-refractivity contribution >= 4 is 17.5 Å². The van der Waals surface area contributed by atoms with Crippen LogP contribution in [0.15, 0.2) is 18.2 Å². The second kappa shape index (κ2) is 5.30. The van der Waals surface area contributed by atoms with Crippen molar-refractivity contribution in [1.82, 2.24) is 4.90 Å². The fourth-order valence-electron chi connectivity index (χ4n) is 1.49. The molecule has 0 bridgehead atoms. The van der Waals surface area contributed by atoms with Gasteiger partial charge in [-0.15, -0.1) is 11.6 Å². The predicted molar refractivity (Wildman–Crippen MR) is 63.4 cm³/mol. The van der Waals surface area contributed by atoms with E-state index in [1.54, 1.807) is 20.0 Å². The third kappa shape index (κ3) is 3.20. The van der Waals surface area contributed by atoms with Gasteiger partial charge in [-0.3, -0.25) is 4.79 Å². The number of alkyl halides is 1. The van der Waals surface area contributed by atoms with E-state index in [4.69, 9.17) is 11.6 Å². The third-order valence-corrected chi connectivity index (χ3v) is 2.44. The van der Waals surface area contributed by atoms with Crippen LogP contribution in [-0.4, -0.2) is 29.8 Å². The zero-order valence-corrected chi connectivity index (χ0v) is 10.4. The molecule has 0 saturated heterocycles. The van der Waals surface area contributed by atoms with Crippen LogP contribution < -0.4 is 0 Å². The number of halogens is 2. The molecule has 1 aromatic carbocycles. The first-order valence-corrected chi connectivity index (χ1v) is 5.51. The van der Waals surface area contributed by atoms with Crippen LogP contribution in [0.4, 0.5) is 4.39 Å². The molecule has 1 atom stereocenters. The SMILES string of the molecule is Cc1ccc(F)cc1C(=O)N(C)CC(C)Cl. The molecule has 4 heteroatoms. The molecule has 0 aliphatic carbocycles. The largest absolute Gasteiger partial charge is 0.340 e. The lowest BCUT2D eigenvalue weighted by Crippen LogP contribution is -2.31. The van der Waals surface area contributed by atoms with E-state index in [1.807, 2.05) is 6.92 Å². The summed E-state index contributed by atoms with van der Waals surface area (Å²) in [5, 5.41) is -0.122. The number of rotatable bonds is 3. The van der Waals surface area contributed by atoms with Crippen molar-refractivity contribution in [3.05, 3.63) is 35.1 Å². The first-order valence-electron chi connectivity index (χ1n) is 5.07. The Balaban J connectivity index is 2.91. The highest BCUT2D eigenvalue weighted by molar-refractivity contribution is 6.20. The lowest BCUT2D eigenvalue weighted by Gasteiger charge is -2.19. The zero-order valence-electron chi connectivity index (χ0n) is 9.63. The lowest BCUT2D eigenvalue weighted by molar-refractivity contribution is 0.0795. The average molecular weight is 244 g/mol. The molecule has 0 saturated carbocycles. The molecule has 88 valence electrons. The molecule has 1 rings (SSSR count). The van der Waals surface area contributed by atoms with Crippen LogP contribution in [0.25, 0.3) is 0 Å². The van der Waals surface area contributed by atoms with Crippen molar-refractivity contribution in [2.45, 2.75) is 19.2 Å². The first kappa shape index (κ1) is 13.0. The van der Waals surface area contributed by atoms with Gasteiger partial charge in [-0.25, -0.2) is 4.39 Å². The number of benzene rings is 1. The van der Waals surface area contributed by atoms with E-state index in [0.717, 1.165) is 5.56 Å². The minimum Gasteiger partial charge on any atom is -0.340 e. The maximum Gasteiger partial charge on any atom is 0.254 e. The molecule has 0 aromatic heterocycles. The van der Waals surface area contributed by atoms with Crippen molar-refractivity contribution < 1.29 is 9.18 Å². The van der Waals surface area contributed by atoms with Crippen molar-refractivity contribution in [3.8, 4) is 0 Å². The van der Waals surface area contributed by atoms with Crippen LogP contribution in [-0.2, 0) is 0 Å². The molecule has 1 unspecified atom stereocenters. The molecule has 0 aliphatic rings. The van der Waals surface area contributed by atoms with Gasteiger partial charge in [-0.1, -0.05) is 6.07 Å². The van der Waals surface area contributed by atoms with Gasteiger partial charge in [0.1, 0.15) is 5.82 Å². The van der Waals surface area contributed by atoms with Gasteiger partial charge in [-0.2, -0.15) is 0 Å². The molecule has 16 heavy (non-hydrogen) atoms. The van der Waals surface area contributed by atoms with Gasteiger partial charge in [0, 0.05) is 24.5 Å². The summed E-state index contributed by atoms with van der Waals surface area (Å²) in [6.45, 7) is 4.03. The summed E-state index contributed by atoms with van der Waals surface area (Å²) in [4.78, 5) is 13.5. The molecule has 2 nitrogen and oxygen atoms in total. The van der Waals surface area contributed by atoms with Crippen molar-refractivity contribution in [1.29, 1.82) is 0 Å². The highest BCUT2D eigenvalue weighted by atomic mass is 35.5. The molecule has 0 heterocycles. The molecule has 1 amide bonds. The maximum atomic E-state index is 13.0. The standard InChI is InChI=1S/C12H15ClFNO/c1-8-4-5-10(14)6-11(8)12(16)15(3)7-9(2)13/h4-6,9H,7H2,1-3H3. The second-order valence-electron chi connectivity index (χ2n) is 3.93. The highest BCUT2D eigenvalue weighted by Gasteiger charge is 2.15. The minimum atomic E-state index is -0.402. The summed E-state index contributed by atoms with van der Waals surface area (Å²) >= 11 is 5.81. The van der Waals surface area contributed by atoms with Crippen molar-refractivity contribution in [2.24, 2.45) is 0 Å². The molecule has 0 aliphatic heterocycles. The fourth-order valence-corrected chi connectivity index (χ4v) is 1.70. The zero-order chi connectivity index (χ0) is 12.3. The molecule has 0 spiro atoms. The predicted octanol–water partition coefficient (Wildman–Crippen LogP) is 2.83. The fraction of sp³-hybridized carbons (Fsp3) is 0.417. The Bertz CT molecular complexity index is 393. The molecule has 1 aromatic rings. The number of nitrogens with zero attached hydrogens (tertiary/aromatic N) is 1. The van der Waals surface area contributed by atoms with Crippen molar-refractivity contribution in [3.63, 3.8) is 0 Å². The molecular formula is C12H15ClFNO. The van der Waals surface area contributed by atoms with Crippen LogP contribution in [0.2, 0.25) is 0 Å². The van der Waals surface area contributed by atoms with E-state index in [2.05, 4.69) is 0 Å². The summed E-state index contributed by atoms with van der Waals surface area (Å²) in [5.41, 5.74) is 1.15. The third-order valence-electron chi connectivity index (χ3n) is 2.30. The minimum absolute atomic E-state index is 0.122. The smallest absolute Gasteiger partial charge is 0.254 e. The van der Waals surface area contributed by atoms with Crippen LogP contribution in [0.1, 0.15) is 22.8 Å². The van der Waals surface area contributed by atoms with Crippen LogP contribution in [0, 0.1) is 12.7 Å². The number of amides is 1. The Morgan fingerprint density at radius 1 is 1.56 bits per heavy atom. The van der Waals surface area contributed by atoms with E-state index in [0.29, 0.717) is 12.1 Å². The lowest BCUT2D eigenvalue weighted by atomic mass is 10.1. The number of carbonyl (C=O) groups is 1. The van der Waals surface area contributed by atoms with Crippen LogP contribution >= 0.6 is 11.6 Å². The Morgan fingerprint density at radius 3 is 2.75 bits per heavy atom. The van der Waals surface area contributed by atoms with Gasteiger partial charge in [0.15, 0.2) is 0 Å². The molecule has 0 radical (unpaired) electrons. The number of hydrogen-bond donors (Lipinski definition) is 0. The quantitative estimate of drug-likeness (QED) is 0.748. The van der Waals surface area contributed by atoms with E-state index < -0.39 is 5.82 Å². The average Bonchev–Trinajstić information content (AvgIpc) is 2.19.